The molecule has 1 aromatic carbocycles. The van der Waals surface area contributed by atoms with Crippen LogP contribution in [0.25, 0.3) is 0 Å². The zero-order valence-electron chi connectivity index (χ0n) is 15.8. The molecule has 0 spiro atoms. The lowest BCUT2D eigenvalue weighted by molar-refractivity contribution is -0.136. The summed E-state index contributed by atoms with van der Waals surface area (Å²) in [6, 6.07) is 10.8. The molecule has 0 saturated carbocycles. The van der Waals surface area contributed by atoms with E-state index in [4.69, 9.17) is 4.42 Å². The molecule has 0 aliphatic heterocycles. The third kappa shape index (κ3) is 5.46. The molecule has 0 saturated heterocycles. The Balaban J connectivity index is 1.95. The molecule has 0 radical (unpaired) electrons. The average molecular weight is 357 g/mol. The van der Waals surface area contributed by atoms with Crippen molar-refractivity contribution in [1.29, 1.82) is 0 Å². The van der Waals surface area contributed by atoms with Crippen LogP contribution in [0, 0.1) is 6.92 Å². The van der Waals surface area contributed by atoms with E-state index in [1.54, 1.807) is 19.1 Å². The number of benzene rings is 1. The van der Waals surface area contributed by atoms with Crippen molar-refractivity contribution in [2.45, 2.75) is 40.3 Å². The van der Waals surface area contributed by atoms with Crippen molar-refractivity contribution in [3.63, 3.8) is 0 Å². The fourth-order valence-corrected chi connectivity index (χ4v) is 2.66. The summed E-state index contributed by atoms with van der Waals surface area (Å²) in [5, 5.41) is 5.29. The van der Waals surface area contributed by atoms with E-state index in [-0.39, 0.29) is 6.04 Å². The molecule has 2 aromatic rings. The summed E-state index contributed by atoms with van der Waals surface area (Å²) in [4.78, 5) is 26.6. The maximum atomic E-state index is 12.2. The van der Waals surface area contributed by atoms with Gasteiger partial charge in [0.25, 0.3) is 0 Å². The minimum Gasteiger partial charge on any atom is -0.464 e. The lowest BCUT2D eigenvalue weighted by Crippen LogP contribution is -2.36. The summed E-state index contributed by atoms with van der Waals surface area (Å²) in [7, 11) is 0. The maximum absolute atomic E-state index is 12.2. The molecule has 0 aliphatic rings. The number of rotatable bonds is 7. The third-order valence-electron chi connectivity index (χ3n) is 4.23. The third-order valence-corrected chi connectivity index (χ3v) is 4.23. The normalized spacial score (nSPS) is 12.0. The first-order valence-electron chi connectivity index (χ1n) is 8.92. The first kappa shape index (κ1) is 19.7. The van der Waals surface area contributed by atoms with Gasteiger partial charge in [-0.1, -0.05) is 26.0 Å². The zero-order valence-corrected chi connectivity index (χ0v) is 15.8. The Morgan fingerprint density at radius 3 is 2.46 bits per heavy atom. The Morgan fingerprint density at radius 2 is 1.85 bits per heavy atom. The summed E-state index contributed by atoms with van der Waals surface area (Å²) >= 11 is 0. The van der Waals surface area contributed by atoms with E-state index < -0.39 is 11.8 Å². The smallest absolute Gasteiger partial charge is 0.313 e. The van der Waals surface area contributed by atoms with Crippen molar-refractivity contribution in [1.82, 2.24) is 10.2 Å². The highest BCUT2D eigenvalue weighted by molar-refractivity contribution is 6.39. The molecule has 1 atom stereocenters. The van der Waals surface area contributed by atoms with Crippen molar-refractivity contribution in [3.8, 4) is 0 Å². The first-order valence-corrected chi connectivity index (χ1v) is 8.92. The number of hydrogen-bond acceptors (Lipinski definition) is 4. The van der Waals surface area contributed by atoms with Gasteiger partial charge in [0, 0.05) is 12.2 Å². The second-order valence-corrected chi connectivity index (χ2v) is 6.26. The number of furan rings is 1. The molecular formula is C20H27N3O3. The topological polar surface area (TPSA) is 74.6 Å². The highest BCUT2D eigenvalue weighted by atomic mass is 16.3. The monoisotopic (exact) mass is 357 g/mol. The number of nitrogens with zero attached hydrogens (tertiary/aromatic N) is 1. The van der Waals surface area contributed by atoms with E-state index >= 15 is 0 Å². The molecule has 0 aliphatic carbocycles. The highest BCUT2D eigenvalue weighted by Crippen LogP contribution is 2.16. The molecular weight excluding hydrogens is 330 g/mol. The van der Waals surface area contributed by atoms with Gasteiger partial charge in [0.2, 0.25) is 0 Å². The van der Waals surface area contributed by atoms with Gasteiger partial charge < -0.3 is 15.1 Å². The Morgan fingerprint density at radius 1 is 1.12 bits per heavy atom. The van der Waals surface area contributed by atoms with E-state index in [9.17, 15) is 9.59 Å². The highest BCUT2D eigenvalue weighted by Gasteiger charge is 2.19. The molecule has 6 heteroatoms. The largest absolute Gasteiger partial charge is 0.464 e. The van der Waals surface area contributed by atoms with E-state index in [1.807, 2.05) is 31.2 Å². The van der Waals surface area contributed by atoms with Gasteiger partial charge in [0.1, 0.15) is 11.5 Å². The van der Waals surface area contributed by atoms with Crippen molar-refractivity contribution in [3.05, 3.63) is 53.5 Å². The van der Waals surface area contributed by atoms with Crippen LogP contribution >= 0.6 is 0 Å². The van der Waals surface area contributed by atoms with Crippen LogP contribution < -0.4 is 10.6 Å². The Kier molecular flexibility index (Phi) is 6.97. The fraction of sp³-hybridized carbons (Fsp3) is 0.400. The van der Waals surface area contributed by atoms with E-state index in [0.717, 1.165) is 31.0 Å². The maximum Gasteiger partial charge on any atom is 0.313 e. The fourth-order valence-electron chi connectivity index (χ4n) is 2.66. The Labute approximate surface area is 154 Å². The second kappa shape index (κ2) is 9.20. The van der Waals surface area contributed by atoms with Crippen LogP contribution in [0.15, 0.2) is 40.8 Å². The van der Waals surface area contributed by atoms with Crippen molar-refractivity contribution in [2.75, 3.05) is 18.4 Å². The van der Waals surface area contributed by atoms with Crippen LogP contribution in [0.1, 0.15) is 43.9 Å². The SMILES string of the molecule is CCN(CC)Cc1cccc(NC(=O)C(=O)N[C@@H](C)c2ccc(C)o2)c1. The summed E-state index contributed by atoms with van der Waals surface area (Å²) in [5.74, 6) is -0.0127. The number of amides is 2. The number of carbonyl (C=O) groups excluding carboxylic acids is 2. The van der Waals surface area contributed by atoms with Gasteiger partial charge in [-0.05, 0) is 56.8 Å². The molecule has 1 aromatic heterocycles. The summed E-state index contributed by atoms with van der Waals surface area (Å²) in [6.07, 6.45) is 0. The van der Waals surface area contributed by atoms with Gasteiger partial charge in [0.15, 0.2) is 0 Å². The van der Waals surface area contributed by atoms with E-state index in [2.05, 4.69) is 29.4 Å². The average Bonchev–Trinajstić information content (AvgIpc) is 3.06. The predicted molar refractivity (Wildman–Crippen MR) is 102 cm³/mol. The van der Waals surface area contributed by atoms with Crippen molar-refractivity contribution < 1.29 is 14.0 Å². The zero-order chi connectivity index (χ0) is 19.1. The molecule has 26 heavy (non-hydrogen) atoms. The number of nitrogens with one attached hydrogen (secondary N) is 2. The Hall–Kier alpha value is -2.60. The lowest BCUT2D eigenvalue weighted by Gasteiger charge is -2.18. The molecule has 0 fully saturated rings. The molecule has 140 valence electrons. The summed E-state index contributed by atoms with van der Waals surface area (Å²) in [6.45, 7) is 10.5. The quantitative estimate of drug-likeness (QED) is 0.746. The number of anilines is 1. The van der Waals surface area contributed by atoms with Crippen LogP contribution in [0.3, 0.4) is 0 Å². The second-order valence-electron chi connectivity index (χ2n) is 6.26. The molecule has 2 N–H and O–H groups in total. The summed E-state index contributed by atoms with van der Waals surface area (Å²) in [5.41, 5.74) is 1.70. The van der Waals surface area contributed by atoms with Gasteiger partial charge in [-0.25, -0.2) is 0 Å². The molecule has 2 rings (SSSR count). The van der Waals surface area contributed by atoms with Crippen LogP contribution in [-0.4, -0.2) is 29.8 Å². The lowest BCUT2D eigenvalue weighted by atomic mass is 10.2. The molecule has 0 bridgehead atoms. The predicted octanol–water partition coefficient (Wildman–Crippen LogP) is 3.25. The van der Waals surface area contributed by atoms with Crippen LogP contribution in [0.4, 0.5) is 5.69 Å². The van der Waals surface area contributed by atoms with Gasteiger partial charge in [-0.15, -0.1) is 0 Å². The van der Waals surface area contributed by atoms with E-state index in [1.165, 1.54) is 0 Å². The van der Waals surface area contributed by atoms with Gasteiger partial charge >= 0.3 is 11.8 Å². The first-order chi connectivity index (χ1) is 12.4. The minimum absolute atomic E-state index is 0.379. The standard InChI is InChI=1S/C20H27N3O3/c1-5-23(6-2)13-16-8-7-9-17(12-16)22-20(25)19(24)21-15(4)18-11-10-14(3)26-18/h7-12,15H,5-6,13H2,1-4H3,(H,21,24)(H,22,25)/t15-/m0/s1. The van der Waals surface area contributed by atoms with Gasteiger partial charge in [0.05, 0.1) is 6.04 Å². The van der Waals surface area contributed by atoms with Gasteiger partial charge in [-0.2, -0.15) is 0 Å². The summed E-state index contributed by atoms with van der Waals surface area (Å²) < 4.78 is 5.47. The molecule has 2 amide bonds. The minimum atomic E-state index is -0.694. The van der Waals surface area contributed by atoms with Crippen LogP contribution in [0.5, 0.6) is 0 Å². The Bertz CT molecular complexity index is 750. The molecule has 1 heterocycles. The van der Waals surface area contributed by atoms with Crippen molar-refractivity contribution in [2.24, 2.45) is 0 Å². The van der Waals surface area contributed by atoms with Crippen LogP contribution in [0.2, 0.25) is 0 Å². The van der Waals surface area contributed by atoms with Gasteiger partial charge in [-0.3, -0.25) is 14.5 Å². The van der Waals surface area contributed by atoms with Crippen LogP contribution in [-0.2, 0) is 16.1 Å². The number of aryl methyl sites for hydroxylation is 1. The van der Waals surface area contributed by atoms with Crippen molar-refractivity contribution >= 4 is 17.5 Å². The van der Waals surface area contributed by atoms with E-state index in [0.29, 0.717) is 11.4 Å². The number of carbonyl (C=O) groups is 2. The number of hydrogen-bond donors (Lipinski definition) is 2. The molecule has 6 nitrogen and oxygen atoms in total. The molecule has 0 unspecified atom stereocenters.